The Morgan fingerprint density at radius 1 is 1.11 bits per heavy atom. The number of morpholine rings is 1. The van der Waals surface area contributed by atoms with E-state index in [1.807, 2.05) is 54.6 Å². The van der Waals surface area contributed by atoms with Crippen LogP contribution < -0.4 is 15.5 Å². The van der Waals surface area contributed by atoms with Gasteiger partial charge in [0.05, 0.1) is 19.4 Å². The van der Waals surface area contributed by atoms with Crippen LogP contribution in [0.3, 0.4) is 0 Å². The average molecular weight is 399 g/mol. The lowest BCUT2D eigenvalue weighted by Crippen LogP contribution is -2.42. The normalized spacial score (nSPS) is 14.7. The predicted octanol–water partition coefficient (Wildman–Crippen LogP) is 2.40. The minimum Gasteiger partial charge on any atom is -0.489 e. The van der Waals surface area contributed by atoms with Gasteiger partial charge in [0.1, 0.15) is 12.4 Å². The summed E-state index contributed by atoms with van der Waals surface area (Å²) in [5, 5.41) is 7.86. The van der Waals surface area contributed by atoms with Crippen LogP contribution in [0.1, 0.15) is 11.1 Å². The number of rotatable bonds is 8. The zero-order valence-electron chi connectivity index (χ0n) is 15.8. The topological polar surface area (TPSA) is 58.1 Å². The smallest absolute Gasteiger partial charge is 0.187 e. The van der Waals surface area contributed by atoms with Crippen molar-refractivity contribution in [2.24, 2.45) is 5.10 Å². The van der Waals surface area contributed by atoms with Crippen molar-refractivity contribution in [2.75, 3.05) is 39.4 Å². The molecule has 1 saturated heterocycles. The maximum absolute atomic E-state index is 5.78. The van der Waals surface area contributed by atoms with E-state index in [1.54, 1.807) is 6.21 Å². The fourth-order valence-electron chi connectivity index (χ4n) is 2.75. The van der Waals surface area contributed by atoms with Crippen LogP contribution in [-0.4, -0.2) is 55.6 Å². The minimum atomic E-state index is 0.521. The lowest BCUT2D eigenvalue weighted by molar-refractivity contribution is 0.0389. The number of nitrogens with one attached hydrogen (secondary N) is 2. The maximum atomic E-state index is 5.78. The summed E-state index contributed by atoms with van der Waals surface area (Å²) < 4.78 is 11.1. The van der Waals surface area contributed by atoms with E-state index in [-0.39, 0.29) is 0 Å². The first-order valence-corrected chi connectivity index (χ1v) is 9.84. The van der Waals surface area contributed by atoms with E-state index in [9.17, 15) is 0 Å². The summed E-state index contributed by atoms with van der Waals surface area (Å²) in [6, 6.07) is 17.9. The van der Waals surface area contributed by atoms with Gasteiger partial charge in [-0.3, -0.25) is 10.3 Å². The van der Waals surface area contributed by atoms with Crippen molar-refractivity contribution >= 4 is 23.5 Å². The largest absolute Gasteiger partial charge is 0.489 e. The Labute approximate surface area is 171 Å². The molecule has 0 amide bonds. The van der Waals surface area contributed by atoms with Crippen LogP contribution in [0.4, 0.5) is 0 Å². The summed E-state index contributed by atoms with van der Waals surface area (Å²) in [4.78, 5) is 2.35. The molecule has 0 aromatic heterocycles. The number of hydrazone groups is 1. The third-order valence-electron chi connectivity index (χ3n) is 4.33. The van der Waals surface area contributed by atoms with E-state index >= 15 is 0 Å². The molecular weight excluding hydrogens is 372 g/mol. The molecule has 7 heteroatoms. The molecule has 1 aliphatic heterocycles. The van der Waals surface area contributed by atoms with Crippen molar-refractivity contribution in [3.8, 4) is 5.75 Å². The molecule has 1 fully saturated rings. The third kappa shape index (κ3) is 7.26. The van der Waals surface area contributed by atoms with Crippen molar-refractivity contribution in [3.63, 3.8) is 0 Å². The summed E-state index contributed by atoms with van der Waals surface area (Å²) in [5.74, 6) is 0.828. The Hall–Kier alpha value is -2.48. The second-order valence-electron chi connectivity index (χ2n) is 6.42. The predicted molar refractivity (Wildman–Crippen MR) is 116 cm³/mol. The van der Waals surface area contributed by atoms with Gasteiger partial charge >= 0.3 is 0 Å². The quantitative estimate of drug-likeness (QED) is 0.405. The molecule has 0 spiro atoms. The molecule has 6 nitrogen and oxygen atoms in total. The van der Waals surface area contributed by atoms with E-state index in [0.717, 1.165) is 56.3 Å². The molecule has 0 atom stereocenters. The fraction of sp³-hybridized carbons (Fsp3) is 0.333. The Kier molecular flexibility index (Phi) is 8.24. The van der Waals surface area contributed by atoms with Crippen molar-refractivity contribution < 1.29 is 9.47 Å². The lowest BCUT2D eigenvalue weighted by Gasteiger charge is -2.26. The number of hydrogen-bond acceptors (Lipinski definition) is 5. The molecule has 0 aliphatic carbocycles. The molecule has 2 aromatic rings. The Bertz CT molecular complexity index is 747. The first-order valence-electron chi connectivity index (χ1n) is 9.43. The van der Waals surface area contributed by atoms with Gasteiger partial charge in [0, 0.05) is 26.2 Å². The van der Waals surface area contributed by atoms with E-state index in [4.69, 9.17) is 21.7 Å². The van der Waals surface area contributed by atoms with E-state index < -0.39 is 0 Å². The summed E-state index contributed by atoms with van der Waals surface area (Å²) in [5.41, 5.74) is 4.96. The highest BCUT2D eigenvalue weighted by Gasteiger charge is 2.09. The van der Waals surface area contributed by atoms with Gasteiger partial charge in [-0.1, -0.05) is 30.3 Å². The minimum absolute atomic E-state index is 0.521. The standard InChI is InChI=1S/C21H26N4O2S/c28-21(22-10-11-25-12-14-26-15-13-25)24-23-16-18-6-8-20(9-7-18)27-17-19-4-2-1-3-5-19/h1-9,16H,10-15,17H2,(H2,22,24,28)/b23-16+. The monoisotopic (exact) mass is 398 g/mol. The zero-order chi connectivity index (χ0) is 19.4. The number of thiocarbonyl (C=S) groups is 1. The zero-order valence-corrected chi connectivity index (χ0v) is 16.7. The van der Waals surface area contributed by atoms with Crippen molar-refractivity contribution in [1.29, 1.82) is 0 Å². The first-order chi connectivity index (χ1) is 13.8. The number of nitrogens with zero attached hydrogens (tertiary/aromatic N) is 2. The Morgan fingerprint density at radius 2 is 1.86 bits per heavy atom. The lowest BCUT2D eigenvalue weighted by atomic mass is 10.2. The van der Waals surface area contributed by atoms with Gasteiger partial charge in [-0.05, 0) is 47.6 Å². The van der Waals surface area contributed by atoms with Crippen LogP contribution in [0, 0.1) is 0 Å². The third-order valence-corrected chi connectivity index (χ3v) is 4.56. The van der Waals surface area contributed by atoms with Crippen molar-refractivity contribution in [1.82, 2.24) is 15.6 Å². The van der Waals surface area contributed by atoms with Crippen molar-refractivity contribution in [3.05, 3.63) is 65.7 Å². The molecule has 0 unspecified atom stereocenters. The van der Waals surface area contributed by atoms with Gasteiger partial charge in [0.15, 0.2) is 5.11 Å². The van der Waals surface area contributed by atoms with E-state index in [1.165, 1.54) is 0 Å². The number of ether oxygens (including phenoxy) is 2. The summed E-state index contributed by atoms with van der Waals surface area (Å²) >= 11 is 5.24. The molecule has 2 N–H and O–H groups in total. The summed E-state index contributed by atoms with van der Waals surface area (Å²) in [6.07, 6.45) is 1.73. The highest BCUT2D eigenvalue weighted by molar-refractivity contribution is 7.80. The maximum Gasteiger partial charge on any atom is 0.187 e. The second kappa shape index (κ2) is 11.4. The Balaban J connectivity index is 1.34. The molecule has 0 saturated carbocycles. The van der Waals surface area contributed by atoms with Gasteiger partial charge in [0.25, 0.3) is 0 Å². The van der Waals surface area contributed by atoms with Crippen LogP contribution in [0.2, 0.25) is 0 Å². The molecule has 3 rings (SSSR count). The summed E-state index contributed by atoms with van der Waals surface area (Å²) in [6.45, 7) is 5.86. The molecule has 2 aromatic carbocycles. The van der Waals surface area contributed by atoms with Crippen molar-refractivity contribution in [2.45, 2.75) is 6.61 Å². The molecule has 1 heterocycles. The molecular formula is C21H26N4O2S. The molecule has 1 aliphatic rings. The number of benzene rings is 2. The highest BCUT2D eigenvalue weighted by Crippen LogP contribution is 2.13. The summed E-state index contributed by atoms with van der Waals surface area (Å²) in [7, 11) is 0. The Morgan fingerprint density at radius 3 is 2.61 bits per heavy atom. The first kappa shape index (κ1) is 20.3. The van der Waals surface area contributed by atoms with Crippen LogP contribution in [0.5, 0.6) is 5.75 Å². The number of hydrogen-bond donors (Lipinski definition) is 2. The van der Waals surface area contributed by atoms with Crippen LogP contribution >= 0.6 is 12.2 Å². The molecule has 28 heavy (non-hydrogen) atoms. The van der Waals surface area contributed by atoms with Gasteiger partial charge in [-0.2, -0.15) is 5.10 Å². The molecule has 148 valence electrons. The van der Waals surface area contributed by atoms with Gasteiger partial charge < -0.3 is 14.8 Å². The van der Waals surface area contributed by atoms with Crippen LogP contribution in [0.15, 0.2) is 59.7 Å². The fourth-order valence-corrected chi connectivity index (χ4v) is 2.90. The molecule has 0 radical (unpaired) electrons. The van der Waals surface area contributed by atoms with Gasteiger partial charge in [-0.25, -0.2) is 0 Å². The van der Waals surface area contributed by atoms with Gasteiger partial charge in [0.2, 0.25) is 0 Å². The van der Waals surface area contributed by atoms with E-state index in [0.29, 0.717) is 11.7 Å². The highest BCUT2D eigenvalue weighted by atomic mass is 32.1. The SMILES string of the molecule is S=C(NCCN1CCOCC1)N/N=C/c1ccc(OCc2ccccc2)cc1. The average Bonchev–Trinajstić information content (AvgIpc) is 2.75. The van der Waals surface area contributed by atoms with E-state index in [2.05, 4.69) is 20.7 Å². The van der Waals surface area contributed by atoms with Crippen LogP contribution in [-0.2, 0) is 11.3 Å². The second-order valence-corrected chi connectivity index (χ2v) is 6.83. The van der Waals surface area contributed by atoms with Gasteiger partial charge in [-0.15, -0.1) is 0 Å². The van der Waals surface area contributed by atoms with Crippen LogP contribution in [0.25, 0.3) is 0 Å². The molecule has 0 bridgehead atoms.